The van der Waals surface area contributed by atoms with Crippen molar-refractivity contribution in [2.75, 3.05) is 18.5 Å². The van der Waals surface area contributed by atoms with Crippen molar-refractivity contribution in [3.63, 3.8) is 0 Å². The Bertz CT molecular complexity index is 529. The highest BCUT2D eigenvalue weighted by Gasteiger charge is 2.09. The topological polar surface area (TPSA) is 16.1 Å². The maximum absolute atomic E-state index is 6.17. The minimum atomic E-state index is 0.425. The van der Waals surface area contributed by atoms with Crippen molar-refractivity contribution >= 4 is 28.9 Å². The molecule has 2 aromatic rings. The van der Waals surface area contributed by atoms with E-state index < -0.39 is 0 Å². The molecule has 0 radical (unpaired) electrons. The first kappa shape index (κ1) is 14.2. The van der Waals surface area contributed by atoms with Crippen LogP contribution < -0.4 is 4.90 Å². The van der Waals surface area contributed by atoms with Crippen LogP contribution >= 0.6 is 23.2 Å². The molecule has 2 nitrogen and oxygen atoms in total. The zero-order chi connectivity index (χ0) is 13.7. The molecule has 0 N–H and O–H groups in total. The Labute approximate surface area is 124 Å². The van der Waals surface area contributed by atoms with Crippen LogP contribution in [-0.4, -0.2) is 18.6 Å². The Kier molecular flexibility index (Phi) is 5.06. The minimum absolute atomic E-state index is 0.425. The predicted molar refractivity (Wildman–Crippen MR) is 82.2 cm³/mol. The van der Waals surface area contributed by atoms with Crippen LogP contribution in [0.3, 0.4) is 0 Å². The second kappa shape index (κ2) is 6.78. The average Bonchev–Trinajstić information content (AvgIpc) is 2.45. The quantitative estimate of drug-likeness (QED) is 0.770. The van der Waals surface area contributed by atoms with Gasteiger partial charge in [-0.3, -0.25) is 4.98 Å². The third kappa shape index (κ3) is 3.62. The van der Waals surface area contributed by atoms with Crippen LogP contribution in [0.4, 0.5) is 5.69 Å². The van der Waals surface area contributed by atoms with Crippen molar-refractivity contribution in [1.82, 2.24) is 4.98 Å². The third-order valence-electron chi connectivity index (χ3n) is 3.12. The Balaban J connectivity index is 2.08. The Hall–Kier alpha value is -1.25. The van der Waals surface area contributed by atoms with E-state index in [4.69, 9.17) is 23.2 Å². The van der Waals surface area contributed by atoms with Crippen molar-refractivity contribution in [1.29, 1.82) is 0 Å². The molecule has 0 unspecified atom stereocenters. The van der Waals surface area contributed by atoms with Gasteiger partial charge in [-0.15, -0.1) is 11.6 Å². The van der Waals surface area contributed by atoms with Gasteiger partial charge in [0.15, 0.2) is 0 Å². The second-order valence-electron chi connectivity index (χ2n) is 4.40. The summed E-state index contributed by atoms with van der Waals surface area (Å²) < 4.78 is 0. The molecule has 0 atom stereocenters. The molecule has 4 heteroatoms. The monoisotopic (exact) mass is 294 g/mol. The zero-order valence-electron chi connectivity index (χ0n) is 10.8. The van der Waals surface area contributed by atoms with Crippen molar-refractivity contribution in [3.8, 4) is 0 Å². The average molecular weight is 295 g/mol. The van der Waals surface area contributed by atoms with Crippen LogP contribution in [-0.2, 0) is 12.3 Å². The molecule has 0 aliphatic rings. The van der Waals surface area contributed by atoms with E-state index in [9.17, 15) is 0 Å². The van der Waals surface area contributed by atoms with Crippen LogP contribution in [0.2, 0.25) is 5.02 Å². The molecule has 19 heavy (non-hydrogen) atoms. The van der Waals surface area contributed by atoms with Gasteiger partial charge in [0.2, 0.25) is 0 Å². The lowest BCUT2D eigenvalue weighted by Crippen LogP contribution is -2.21. The molecule has 0 spiro atoms. The number of pyridine rings is 1. The Morgan fingerprint density at radius 3 is 2.58 bits per heavy atom. The van der Waals surface area contributed by atoms with Crippen molar-refractivity contribution < 1.29 is 0 Å². The summed E-state index contributed by atoms with van der Waals surface area (Å²) >= 11 is 12.2. The summed E-state index contributed by atoms with van der Waals surface area (Å²) in [6, 6.07) is 9.95. The standard InChI is InChI=1S/C15H16Cl2N2/c1-19(10-7-12-5-8-18-9-6-12)15-4-2-3-14(17)13(15)11-16/h2-6,8-9H,7,10-11H2,1H3. The van der Waals surface area contributed by atoms with E-state index in [1.54, 1.807) is 0 Å². The maximum Gasteiger partial charge on any atom is 0.0509 e. The number of rotatable bonds is 5. The molecule has 1 aromatic heterocycles. The summed E-state index contributed by atoms with van der Waals surface area (Å²) in [5, 5.41) is 0.725. The number of halogens is 2. The van der Waals surface area contributed by atoms with Gasteiger partial charge in [0.1, 0.15) is 0 Å². The fourth-order valence-electron chi connectivity index (χ4n) is 2.00. The van der Waals surface area contributed by atoms with Crippen molar-refractivity contribution in [2.24, 2.45) is 0 Å². The number of alkyl halides is 1. The van der Waals surface area contributed by atoms with Gasteiger partial charge in [-0.2, -0.15) is 0 Å². The van der Waals surface area contributed by atoms with E-state index in [0.29, 0.717) is 5.88 Å². The zero-order valence-corrected chi connectivity index (χ0v) is 12.3. The number of benzene rings is 1. The van der Waals surface area contributed by atoms with Crippen LogP contribution in [0.15, 0.2) is 42.7 Å². The van der Waals surface area contributed by atoms with E-state index >= 15 is 0 Å². The predicted octanol–water partition coefficient (Wildman–Crippen LogP) is 4.15. The number of likely N-dealkylation sites (N-methyl/N-ethyl adjacent to an activating group) is 1. The number of anilines is 1. The van der Waals surface area contributed by atoms with E-state index in [-0.39, 0.29) is 0 Å². The minimum Gasteiger partial charge on any atom is -0.374 e. The van der Waals surface area contributed by atoms with Gasteiger partial charge in [-0.05, 0) is 36.2 Å². The van der Waals surface area contributed by atoms with Crippen molar-refractivity contribution in [3.05, 3.63) is 58.9 Å². The molecule has 0 aliphatic carbocycles. The first-order valence-electron chi connectivity index (χ1n) is 6.15. The lowest BCUT2D eigenvalue weighted by atomic mass is 10.1. The Morgan fingerprint density at radius 2 is 1.89 bits per heavy atom. The smallest absolute Gasteiger partial charge is 0.0509 e. The molecule has 0 amide bonds. The number of nitrogens with zero attached hydrogens (tertiary/aromatic N) is 2. The van der Waals surface area contributed by atoms with E-state index in [1.165, 1.54) is 5.56 Å². The molecular weight excluding hydrogens is 279 g/mol. The summed E-state index contributed by atoms with van der Waals surface area (Å²) in [6.45, 7) is 0.911. The molecule has 0 aliphatic heterocycles. The van der Waals surface area contributed by atoms with Gasteiger partial charge in [0.05, 0.1) is 5.88 Å². The fraction of sp³-hybridized carbons (Fsp3) is 0.267. The van der Waals surface area contributed by atoms with Gasteiger partial charge in [0, 0.05) is 42.3 Å². The van der Waals surface area contributed by atoms with Gasteiger partial charge < -0.3 is 4.90 Å². The molecule has 0 bridgehead atoms. The Morgan fingerprint density at radius 1 is 1.16 bits per heavy atom. The highest BCUT2D eigenvalue weighted by molar-refractivity contribution is 6.32. The molecule has 1 heterocycles. The van der Waals surface area contributed by atoms with Gasteiger partial charge in [0.25, 0.3) is 0 Å². The summed E-state index contributed by atoms with van der Waals surface area (Å²) in [7, 11) is 2.06. The molecule has 0 saturated carbocycles. The van der Waals surface area contributed by atoms with Crippen LogP contribution in [0.1, 0.15) is 11.1 Å². The normalized spacial score (nSPS) is 10.5. The molecular formula is C15H16Cl2N2. The number of hydrogen-bond acceptors (Lipinski definition) is 2. The largest absolute Gasteiger partial charge is 0.374 e. The SMILES string of the molecule is CN(CCc1ccncc1)c1cccc(Cl)c1CCl. The molecule has 1 aromatic carbocycles. The van der Waals surface area contributed by atoms with Crippen LogP contribution in [0, 0.1) is 0 Å². The van der Waals surface area contributed by atoms with E-state index in [0.717, 1.165) is 29.2 Å². The molecule has 0 fully saturated rings. The van der Waals surface area contributed by atoms with Gasteiger partial charge in [-0.1, -0.05) is 17.7 Å². The first-order valence-corrected chi connectivity index (χ1v) is 7.07. The summed E-state index contributed by atoms with van der Waals surface area (Å²) in [5.41, 5.74) is 3.36. The summed E-state index contributed by atoms with van der Waals surface area (Å²) in [5.74, 6) is 0.425. The third-order valence-corrected chi connectivity index (χ3v) is 3.75. The van der Waals surface area contributed by atoms with E-state index in [1.807, 2.05) is 36.7 Å². The highest BCUT2D eigenvalue weighted by Crippen LogP contribution is 2.28. The van der Waals surface area contributed by atoms with E-state index in [2.05, 4.69) is 23.0 Å². The molecule has 2 rings (SSSR count). The lowest BCUT2D eigenvalue weighted by Gasteiger charge is -2.22. The molecule has 100 valence electrons. The lowest BCUT2D eigenvalue weighted by molar-refractivity contribution is 0.870. The molecule has 0 saturated heterocycles. The van der Waals surface area contributed by atoms with Crippen molar-refractivity contribution in [2.45, 2.75) is 12.3 Å². The second-order valence-corrected chi connectivity index (χ2v) is 5.07. The first-order chi connectivity index (χ1) is 9.22. The maximum atomic E-state index is 6.17. The van der Waals surface area contributed by atoms with Crippen LogP contribution in [0.25, 0.3) is 0 Å². The summed E-state index contributed by atoms with van der Waals surface area (Å²) in [6.07, 6.45) is 4.60. The summed E-state index contributed by atoms with van der Waals surface area (Å²) in [4.78, 5) is 6.21. The van der Waals surface area contributed by atoms with Crippen LogP contribution in [0.5, 0.6) is 0 Å². The number of hydrogen-bond donors (Lipinski definition) is 0. The van der Waals surface area contributed by atoms with Gasteiger partial charge in [-0.25, -0.2) is 0 Å². The highest BCUT2D eigenvalue weighted by atomic mass is 35.5. The van der Waals surface area contributed by atoms with Gasteiger partial charge >= 0.3 is 0 Å². The number of aromatic nitrogens is 1. The fourth-order valence-corrected chi connectivity index (χ4v) is 2.59.